The van der Waals surface area contributed by atoms with Gasteiger partial charge in [-0.05, 0) is 31.9 Å². The summed E-state index contributed by atoms with van der Waals surface area (Å²) in [7, 11) is 0. The summed E-state index contributed by atoms with van der Waals surface area (Å²) in [6.07, 6.45) is 21.9. The predicted octanol–water partition coefficient (Wildman–Crippen LogP) is 5.90. The molecule has 1 aliphatic rings. The predicted molar refractivity (Wildman–Crippen MR) is 103 cm³/mol. The number of rotatable bonds is 12. The van der Waals surface area contributed by atoms with E-state index < -0.39 is 0 Å². The highest BCUT2D eigenvalue weighted by Crippen LogP contribution is 2.28. The van der Waals surface area contributed by atoms with E-state index in [1.54, 1.807) is 0 Å². The highest BCUT2D eigenvalue weighted by Gasteiger charge is 2.33. The standard InChI is InChI=1S/C20H34BN/c1-5-9-10-11-14-20-16-12-15-19(13-6-2)22(20)21(17-7-3)18-8-4/h6-8,12,16,19-20H,2-5,9-11,13-15,17-18H2,1H3/t19-,20+/m0/s1. The molecular formula is C20H34BN. The van der Waals surface area contributed by atoms with E-state index in [2.05, 4.69) is 61.9 Å². The summed E-state index contributed by atoms with van der Waals surface area (Å²) in [5.41, 5.74) is 0. The van der Waals surface area contributed by atoms with Gasteiger partial charge >= 0.3 is 0 Å². The first-order valence-corrected chi connectivity index (χ1v) is 9.05. The van der Waals surface area contributed by atoms with Crippen LogP contribution in [0.3, 0.4) is 0 Å². The summed E-state index contributed by atoms with van der Waals surface area (Å²) in [6, 6.07) is 1.16. The second-order valence-corrected chi connectivity index (χ2v) is 6.41. The monoisotopic (exact) mass is 299 g/mol. The van der Waals surface area contributed by atoms with Gasteiger partial charge in [0.25, 0.3) is 0 Å². The highest BCUT2D eigenvalue weighted by atomic mass is 15.1. The molecule has 0 amide bonds. The van der Waals surface area contributed by atoms with Gasteiger partial charge in [0.2, 0.25) is 6.85 Å². The largest absolute Gasteiger partial charge is 0.332 e. The Kier molecular flexibility index (Phi) is 9.98. The van der Waals surface area contributed by atoms with Gasteiger partial charge in [-0.2, -0.15) is 0 Å². The van der Waals surface area contributed by atoms with Crippen molar-refractivity contribution in [2.24, 2.45) is 0 Å². The van der Waals surface area contributed by atoms with Crippen LogP contribution in [0.1, 0.15) is 51.9 Å². The lowest BCUT2D eigenvalue weighted by Gasteiger charge is -2.43. The number of hydrogen-bond acceptors (Lipinski definition) is 1. The van der Waals surface area contributed by atoms with E-state index in [4.69, 9.17) is 0 Å². The quantitative estimate of drug-likeness (QED) is 0.246. The maximum Gasteiger partial charge on any atom is 0.231 e. The molecule has 2 heteroatoms. The van der Waals surface area contributed by atoms with Crippen molar-refractivity contribution in [2.75, 3.05) is 0 Å². The molecule has 2 atom stereocenters. The van der Waals surface area contributed by atoms with Crippen LogP contribution in [0.4, 0.5) is 0 Å². The van der Waals surface area contributed by atoms with E-state index in [1.165, 1.54) is 32.1 Å². The van der Waals surface area contributed by atoms with Crippen molar-refractivity contribution in [3.8, 4) is 0 Å². The topological polar surface area (TPSA) is 3.24 Å². The van der Waals surface area contributed by atoms with Gasteiger partial charge in [-0.1, -0.05) is 63.0 Å². The molecule has 0 aromatic carbocycles. The molecule has 0 aliphatic carbocycles. The number of nitrogens with zero attached hydrogens (tertiary/aromatic N) is 1. The average molecular weight is 299 g/mol. The molecule has 0 saturated heterocycles. The minimum atomic E-state index is 0.529. The minimum absolute atomic E-state index is 0.529. The Bertz CT molecular complexity index is 351. The third-order valence-electron chi connectivity index (χ3n) is 4.66. The molecule has 122 valence electrons. The van der Waals surface area contributed by atoms with E-state index in [0.717, 1.165) is 25.5 Å². The Morgan fingerprint density at radius 1 is 1.09 bits per heavy atom. The molecule has 1 aliphatic heterocycles. The van der Waals surface area contributed by atoms with Gasteiger partial charge in [-0.3, -0.25) is 0 Å². The first kappa shape index (κ1) is 19.0. The fourth-order valence-electron chi connectivity index (χ4n) is 3.61. The normalized spacial score (nSPS) is 21.5. The number of unbranched alkanes of at least 4 members (excludes halogenated alkanes) is 3. The van der Waals surface area contributed by atoms with Crippen molar-refractivity contribution in [3.05, 3.63) is 50.1 Å². The SMILES string of the molecule is C=CCB(CC=C)N1[C@@H](CC=C)CC=C[C@H]1CCCCCC. The van der Waals surface area contributed by atoms with Crippen molar-refractivity contribution in [2.45, 2.75) is 76.6 Å². The van der Waals surface area contributed by atoms with Crippen molar-refractivity contribution < 1.29 is 0 Å². The molecular weight excluding hydrogens is 265 g/mol. The molecule has 0 bridgehead atoms. The van der Waals surface area contributed by atoms with Crippen LogP contribution >= 0.6 is 0 Å². The summed E-state index contributed by atoms with van der Waals surface area (Å²) >= 11 is 0. The zero-order chi connectivity index (χ0) is 16.2. The zero-order valence-electron chi connectivity index (χ0n) is 14.6. The van der Waals surface area contributed by atoms with Crippen LogP contribution in [0, 0.1) is 0 Å². The summed E-state index contributed by atoms with van der Waals surface area (Å²) in [4.78, 5) is 2.73. The molecule has 0 saturated carbocycles. The third kappa shape index (κ3) is 6.00. The molecule has 0 aromatic heterocycles. The van der Waals surface area contributed by atoms with Gasteiger partial charge in [0.05, 0.1) is 0 Å². The second-order valence-electron chi connectivity index (χ2n) is 6.41. The van der Waals surface area contributed by atoms with Crippen LogP contribution in [0.2, 0.25) is 12.6 Å². The van der Waals surface area contributed by atoms with Crippen LogP contribution in [-0.2, 0) is 0 Å². The van der Waals surface area contributed by atoms with Gasteiger partial charge in [0.1, 0.15) is 0 Å². The van der Waals surface area contributed by atoms with Crippen LogP contribution in [0.15, 0.2) is 50.1 Å². The first-order chi connectivity index (χ1) is 10.8. The molecule has 22 heavy (non-hydrogen) atoms. The lowest BCUT2D eigenvalue weighted by molar-refractivity contribution is 0.251. The van der Waals surface area contributed by atoms with Crippen LogP contribution in [-0.4, -0.2) is 23.7 Å². The Morgan fingerprint density at radius 2 is 1.82 bits per heavy atom. The summed E-state index contributed by atoms with van der Waals surface area (Å²) in [5, 5.41) is 0. The summed E-state index contributed by atoms with van der Waals surface area (Å²) < 4.78 is 0. The fourth-order valence-corrected chi connectivity index (χ4v) is 3.61. The maximum atomic E-state index is 3.96. The van der Waals surface area contributed by atoms with Crippen molar-refractivity contribution in [1.29, 1.82) is 0 Å². The molecule has 1 heterocycles. The Labute approximate surface area is 139 Å². The van der Waals surface area contributed by atoms with Gasteiger partial charge in [0, 0.05) is 12.1 Å². The molecule has 0 unspecified atom stereocenters. The third-order valence-corrected chi connectivity index (χ3v) is 4.66. The van der Waals surface area contributed by atoms with E-state index in [9.17, 15) is 0 Å². The van der Waals surface area contributed by atoms with Crippen LogP contribution in [0.5, 0.6) is 0 Å². The van der Waals surface area contributed by atoms with Crippen molar-refractivity contribution in [3.63, 3.8) is 0 Å². The molecule has 0 radical (unpaired) electrons. The highest BCUT2D eigenvalue weighted by molar-refractivity contribution is 6.57. The zero-order valence-corrected chi connectivity index (χ0v) is 14.6. The average Bonchev–Trinajstić information content (AvgIpc) is 2.52. The fraction of sp³-hybridized carbons (Fsp3) is 0.600. The van der Waals surface area contributed by atoms with Crippen LogP contribution in [0.25, 0.3) is 0 Å². The summed E-state index contributed by atoms with van der Waals surface area (Å²) in [6.45, 7) is 14.7. The first-order valence-electron chi connectivity index (χ1n) is 9.05. The van der Waals surface area contributed by atoms with E-state index >= 15 is 0 Å². The van der Waals surface area contributed by atoms with Gasteiger partial charge < -0.3 is 4.81 Å². The van der Waals surface area contributed by atoms with E-state index in [-0.39, 0.29) is 0 Å². The molecule has 0 aromatic rings. The van der Waals surface area contributed by atoms with E-state index in [1.807, 2.05) is 0 Å². The summed E-state index contributed by atoms with van der Waals surface area (Å²) in [5.74, 6) is 0. The smallest absolute Gasteiger partial charge is 0.231 e. The molecule has 1 nitrogen and oxygen atoms in total. The van der Waals surface area contributed by atoms with Gasteiger partial charge in [-0.15, -0.1) is 19.7 Å². The van der Waals surface area contributed by atoms with Crippen molar-refractivity contribution >= 4 is 6.85 Å². The number of hydrogen-bond donors (Lipinski definition) is 0. The van der Waals surface area contributed by atoms with Gasteiger partial charge in [-0.25, -0.2) is 0 Å². The van der Waals surface area contributed by atoms with E-state index in [0.29, 0.717) is 18.9 Å². The lowest BCUT2D eigenvalue weighted by atomic mass is 9.52. The maximum absolute atomic E-state index is 3.96. The van der Waals surface area contributed by atoms with Gasteiger partial charge in [0.15, 0.2) is 0 Å². The minimum Gasteiger partial charge on any atom is -0.332 e. The van der Waals surface area contributed by atoms with Crippen molar-refractivity contribution in [1.82, 2.24) is 4.81 Å². The Hall–Kier alpha value is -1.02. The molecule has 1 rings (SSSR count). The number of allylic oxidation sites excluding steroid dienone is 2. The van der Waals surface area contributed by atoms with Crippen LogP contribution < -0.4 is 0 Å². The second kappa shape index (κ2) is 11.5. The molecule has 0 fully saturated rings. The molecule has 0 N–H and O–H groups in total. The Morgan fingerprint density at radius 3 is 2.41 bits per heavy atom. The lowest BCUT2D eigenvalue weighted by Crippen LogP contribution is -2.52. The Balaban J connectivity index is 2.80. The molecule has 0 spiro atoms.